The topological polar surface area (TPSA) is 124 Å². The average Bonchev–Trinajstić information content (AvgIpc) is 3.29. The smallest absolute Gasteiger partial charge is 0.233 e. The number of benzene rings is 1. The summed E-state index contributed by atoms with van der Waals surface area (Å²) in [6.07, 6.45) is 7.08. The second-order valence-corrected chi connectivity index (χ2v) is 8.37. The van der Waals surface area contributed by atoms with E-state index in [9.17, 15) is 5.11 Å². The standard InChI is InChI=1S/C25H32N8O2/c1-3-5-20-15-23(32-31-20)29-25-28-22(9-8-19-7-4-6-18(2)14-19)27-24(30-25)26-16-21(34)17-33-10-12-35-13-11-33/h3-9,14-15,21,34H,10-13,16-17H2,1-2H3,(H3,26,27,28,29,30,31,32)/b5-3+,9-8+. The van der Waals surface area contributed by atoms with E-state index in [0.717, 1.165) is 24.3 Å². The van der Waals surface area contributed by atoms with Crippen LogP contribution in [0.5, 0.6) is 0 Å². The van der Waals surface area contributed by atoms with E-state index in [1.807, 2.05) is 49.4 Å². The van der Waals surface area contributed by atoms with E-state index in [2.05, 4.69) is 59.7 Å². The Hall–Kier alpha value is -3.60. The van der Waals surface area contributed by atoms with Gasteiger partial charge in [0.15, 0.2) is 11.6 Å². The fraction of sp³-hybridized carbons (Fsp3) is 0.360. The molecule has 4 N–H and O–H groups in total. The molecule has 1 atom stereocenters. The van der Waals surface area contributed by atoms with Gasteiger partial charge in [-0.05, 0) is 31.6 Å². The zero-order valence-corrected chi connectivity index (χ0v) is 20.1. The van der Waals surface area contributed by atoms with Gasteiger partial charge in [-0.1, -0.05) is 42.0 Å². The molecular weight excluding hydrogens is 444 g/mol. The Kier molecular flexibility index (Phi) is 8.55. The number of aliphatic hydroxyl groups is 1. The van der Waals surface area contributed by atoms with Crippen LogP contribution in [0.3, 0.4) is 0 Å². The SMILES string of the molecule is C/C=C/c1cc(Nc2nc(/C=C/c3cccc(C)c3)nc(NCC(O)CN3CCOCC3)n2)n[nH]1. The highest BCUT2D eigenvalue weighted by atomic mass is 16.5. The van der Waals surface area contributed by atoms with Crippen molar-refractivity contribution in [1.29, 1.82) is 0 Å². The van der Waals surface area contributed by atoms with Gasteiger partial charge >= 0.3 is 0 Å². The number of allylic oxidation sites excluding steroid dienone is 1. The molecule has 35 heavy (non-hydrogen) atoms. The number of anilines is 3. The fourth-order valence-electron chi connectivity index (χ4n) is 3.68. The van der Waals surface area contributed by atoms with Crippen molar-refractivity contribution in [1.82, 2.24) is 30.0 Å². The minimum atomic E-state index is -0.567. The molecule has 10 nitrogen and oxygen atoms in total. The molecule has 0 radical (unpaired) electrons. The molecule has 4 rings (SSSR count). The van der Waals surface area contributed by atoms with Crippen LogP contribution >= 0.6 is 0 Å². The third-order valence-electron chi connectivity index (χ3n) is 5.37. The Morgan fingerprint density at radius 2 is 1.94 bits per heavy atom. The Labute approximate surface area is 205 Å². The van der Waals surface area contributed by atoms with Gasteiger partial charge in [-0.25, -0.2) is 0 Å². The predicted molar refractivity (Wildman–Crippen MR) is 138 cm³/mol. The normalized spacial score (nSPS) is 15.6. The van der Waals surface area contributed by atoms with Crippen LogP contribution in [-0.4, -0.2) is 80.7 Å². The zero-order valence-electron chi connectivity index (χ0n) is 20.1. The van der Waals surface area contributed by atoms with Gasteiger partial charge in [0, 0.05) is 32.2 Å². The lowest BCUT2D eigenvalue weighted by Crippen LogP contribution is -2.42. The highest BCUT2D eigenvalue weighted by Crippen LogP contribution is 2.16. The van der Waals surface area contributed by atoms with E-state index < -0.39 is 6.10 Å². The summed E-state index contributed by atoms with van der Waals surface area (Å²) in [7, 11) is 0. The largest absolute Gasteiger partial charge is 0.390 e. The first kappa shape index (κ1) is 24.5. The van der Waals surface area contributed by atoms with Crippen molar-refractivity contribution in [2.75, 3.05) is 50.0 Å². The molecule has 0 spiro atoms. The first-order valence-electron chi connectivity index (χ1n) is 11.8. The lowest BCUT2D eigenvalue weighted by molar-refractivity contribution is 0.0171. The van der Waals surface area contributed by atoms with Crippen LogP contribution in [-0.2, 0) is 4.74 Å². The molecule has 3 heterocycles. The monoisotopic (exact) mass is 476 g/mol. The van der Waals surface area contributed by atoms with E-state index >= 15 is 0 Å². The van der Waals surface area contributed by atoms with Crippen molar-refractivity contribution in [3.63, 3.8) is 0 Å². The van der Waals surface area contributed by atoms with E-state index in [1.165, 1.54) is 5.56 Å². The number of nitrogens with one attached hydrogen (secondary N) is 3. The lowest BCUT2D eigenvalue weighted by atomic mass is 10.1. The van der Waals surface area contributed by atoms with E-state index in [1.54, 1.807) is 0 Å². The predicted octanol–water partition coefficient (Wildman–Crippen LogP) is 2.96. The summed E-state index contributed by atoms with van der Waals surface area (Å²) in [5.41, 5.74) is 3.10. The third kappa shape index (κ3) is 7.71. The van der Waals surface area contributed by atoms with Crippen LogP contribution in [0.2, 0.25) is 0 Å². The number of H-pyrrole nitrogens is 1. The van der Waals surface area contributed by atoms with Crippen LogP contribution in [0.1, 0.15) is 29.6 Å². The van der Waals surface area contributed by atoms with E-state index in [0.29, 0.717) is 49.8 Å². The van der Waals surface area contributed by atoms with Crippen LogP contribution < -0.4 is 10.6 Å². The summed E-state index contributed by atoms with van der Waals surface area (Å²) in [4.78, 5) is 15.7. The van der Waals surface area contributed by atoms with Crippen molar-refractivity contribution in [3.05, 3.63) is 59.1 Å². The molecule has 1 aliphatic rings. The van der Waals surface area contributed by atoms with E-state index in [4.69, 9.17) is 4.74 Å². The highest BCUT2D eigenvalue weighted by molar-refractivity contribution is 5.68. The Balaban J connectivity index is 1.49. The Morgan fingerprint density at radius 3 is 2.74 bits per heavy atom. The number of morpholine rings is 1. The molecule has 0 amide bonds. The van der Waals surface area contributed by atoms with Gasteiger partial charge in [0.25, 0.3) is 0 Å². The molecule has 0 bridgehead atoms. The average molecular weight is 477 g/mol. The summed E-state index contributed by atoms with van der Waals surface area (Å²) >= 11 is 0. The van der Waals surface area contributed by atoms with Gasteiger partial charge in [0.2, 0.25) is 11.9 Å². The van der Waals surface area contributed by atoms with Gasteiger partial charge in [-0.15, -0.1) is 0 Å². The number of aliphatic hydroxyl groups excluding tert-OH is 1. The van der Waals surface area contributed by atoms with Crippen molar-refractivity contribution in [3.8, 4) is 0 Å². The van der Waals surface area contributed by atoms with Crippen LogP contribution in [0.25, 0.3) is 18.2 Å². The van der Waals surface area contributed by atoms with E-state index in [-0.39, 0.29) is 0 Å². The number of ether oxygens (including phenoxy) is 1. The summed E-state index contributed by atoms with van der Waals surface area (Å²) in [6.45, 7) is 7.91. The summed E-state index contributed by atoms with van der Waals surface area (Å²) in [6, 6.07) is 10.0. The summed E-state index contributed by atoms with van der Waals surface area (Å²) < 4.78 is 5.37. The molecule has 1 unspecified atom stereocenters. The number of hydrogen-bond donors (Lipinski definition) is 4. The zero-order chi connectivity index (χ0) is 24.5. The first-order chi connectivity index (χ1) is 17.1. The molecular formula is C25H32N8O2. The maximum Gasteiger partial charge on any atom is 0.233 e. The number of aromatic amines is 1. The summed E-state index contributed by atoms with van der Waals surface area (Å²) in [5.74, 6) is 1.80. The van der Waals surface area contributed by atoms with Gasteiger partial charge < -0.3 is 20.5 Å². The van der Waals surface area contributed by atoms with Crippen LogP contribution in [0, 0.1) is 6.92 Å². The molecule has 3 aromatic rings. The van der Waals surface area contributed by atoms with Crippen molar-refractivity contribution in [2.24, 2.45) is 0 Å². The molecule has 1 aliphatic heterocycles. The molecule has 0 saturated carbocycles. The highest BCUT2D eigenvalue weighted by Gasteiger charge is 2.15. The Morgan fingerprint density at radius 1 is 1.11 bits per heavy atom. The quantitative estimate of drug-likeness (QED) is 0.350. The number of aromatic nitrogens is 5. The Bertz CT molecular complexity index is 1150. The molecule has 2 aromatic heterocycles. The second-order valence-electron chi connectivity index (χ2n) is 8.37. The van der Waals surface area contributed by atoms with Crippen molar-refractivity contribution >= 4 is 35.9 Å². The van der Waals surface area contributed by atoms with Gasteiger partial charge in [-0.2, -0.15) is 20.1 Å². The molecule has 1 saturated heterocycles. The van der Waals surface area contributed by atoms with Crippen molar-refractivity contribution < 1.29 is 9.84 Å². The maximum absolute atomic E-state index is 10.5. The fourth-order valence-corrected chi connectivity index (χ4v) is 3.68. The number of hydrogen-bond acceptors (Lipinski definition) is 9. The minimum absolute atomic E-state index is 0.315. The van der Waals surface area contributed by atoms with Gasteiger partial charge in [0.05, 0.1) is 25.0 Å². The minimum Gasteiger partial charge on any atom is -0.390 e. The van der Waals surface area contributed by atoms with Crippen molar-refractivity contribution in [2.45, 2.75) is 20.0 Å². The van der Waals surface area contributed by atoms with Crippen LogP contribution in [0.4, 0.5) is 17.7 Å². The molecule has 0 aliphatic carbocycles. The number of nitrogens with zero attached hydrogens (tertiary/aromatic N) is 5. The molecule has 1 aromatic carbocycles. The number of aryl methyl sites for hydroxylation is 1. The third-order valence-corrected chi connectivity index (χ3v) is 5.37. The van der Waals surface area contributed by atoms with Gasteiger partial charge in [0.1, 0.15) is 0 Å². The number of β-amino-alcohol motifs (C(OH)–C–C–N with tert-alkyl or cyclic N) is 1. The molecule has 184 valence electrons. The second kappa shape index (κ2) is 12.2. The summed E-state index contributed by atoms with van der Waals surface area (Å²) in [5, 5.41) is 24.0. The molecule has 1 fully saturated rings. The molecule has 10 heteroatoms. The van der Waals surface area contributed by atoms with Crippen LogP contribution in [0.15, 0.2) is 36.4 Å². The first-order valence-corrected chi connectivity index (χ1v) is 11.8. The number of rotatable bonds is 10. The lowest BCUT2D eigenvalue weighted by Gasteiger charge is -2.28. The van der Waals surface area contributed by atoms with Gasteiger partial charge in [-0.3, -0.25) is 10.00 Å². The maximum atomic E-state index is 10.5.